The topological polar surface area (TPSA) is 24.1 Å². The number of hydrogen-bond donors (Lipinski definition) is 2. The van der Waals surface area contributed by atoms with E-state index in [0.717, 1.165) is 0 Å². The summed E-state index contributed by atoms with van der Waals surface area (Å²) in [5.41, 5.74) is 0.598. The van der Waals surface area contributed by atoms with Crippen molar-refractivity contribution in [2.24, 2.45) is 5.41 Å². The SMILES string of the molecule is C1CSCC2(CCNC2)CN1. The Labute approximate surface area is 72.5 Å². The second-order valence-corrected chi connectivity index (χ2v) is 4.76. The lowest BCUT2D eigenvalue weighted by Gasteiger charge is -2.25. The maximum atomic E-state index is 3.52. The predicted molar refractivity (Wildman–Crippen MR) is 50.1 cm³/mol. The molecule has 2 heterocycles. The molecule has 1 unspecified atom stereocenters. The first-order chi connectivity index (χ1) is 5.41. The molecule has 1 atom stereocenters. The van der Waals surface area contributed by atoms with E-state index in [1.807, 2.05) is 0 Å². The van der Waals surface area contributed by atoms with Crippen LogP contribution >= 0.6 is 11.8 Å². The van der Waals surface area contributed by atoms with Gasteiger partial charge in [0.25, 0.3) is 0 Å². The van der Waals surface area contributed by atoms with Crippen LogP contribution in [-0.4, -0.2) is 37.7 Å². The summed E-state index contributed by atoms with van der Waals surface area (Å²) >= 11 is 2.11. The molecule has 1 spiro atoms. The maximum Gasteiger partial charge on any atom is 0.00583 e. The molecule has 2 nitrogen and oxygen atoms in total. The molecule has 3 heteroatoms. The van der Waals surface area contributed by atoms with Crippen molar-refractivity contribution in [2.45, 2.75) is 6.42 Å². The van der Waals surface area contributed by atoms with Crippen molar-refractivity contribution in [3.8, 4) is 0 Å². The Hall–Kier alpha value is 0.270. The number of thioether (sulfide) groups is 1. The van der Waals surface area contributed by atoms with Crippen LogP contribution < -0.4 is 10.6 Å². The molecule has 2 saturated heterocycles. The summed E-state index contributed by atoms with van der Waals surface area (Å²) in [5.74, 6) is 2.65. The van der Waals surface area contributed by atoms with Crippen LogP contribution in [0.4, 0.5) is 0 Å². The zero-order valence-electron chi connectivity index (χ0n) is 6.86. The molecule has 0 amide bonds. The quantitative estimate of drug-likeness (QED) is 0.550. The number of hydrogen-bond acceptors (Lipinski definition) is 3. The third kappa shape index (κ3) is 1.71. The van der Waals surface area contributed by atoms with Crippen LogP contribution in [0.2, 0.25) is 0 Å². The molecular weight excluding hydrogens is 156 g/mol. The first-order valence-corrected chi connectivity index (χ1v) is 5.56. The van der Waals surface area contributed by atoms with Crippen molar-refractivity contribution < 1.29 is 0 Å². The minimum atomic E-state index is 0.598. The average molecular weight is 172 g/mol. The van der Waals surface area contributed by atoms with E-state index in [1.165, 1.54) is 44.1 Å². The molecule has 0 aromatic carbocycles. The van der Waals surface area contributed by atoms with Crippen LogP contribution in [0, 0.1) is 5.41 Å². The Kier molecular flexibility index (Phi) is 2.39. The first-order valence-electron chi connectivity index (χ1n) is 4.41. The van der Waals surface area contributed by atoms with Gasteiger partial charge in [-0.25, -0.2) is 0 Å². The van der Waals surface area contributed by atoms with Gasteiger partial charge in [0.2, 0.25) is 0 Å². The predicted octanol–water partition coefficient (Wildman–Crippen LogP) is 0.303. The molecule has 11 heavy (non-hydrogen) atoms. The van der Waals surface area contributed by atoms with Crippen LogP contribution in [0.15, 0.2) is 0 Å². The highest BCUT2D eigenvalue weighted by Gasteiger charge is 2.34. The molecule has 2 N–H and O–H groups in total. The van der Waals surface area contributed by atoms with E-state index in [1.54, 1.807) is 0 Å². The summed E-state index contributed by atoms with van der Waals surface area (Å²) in [4.78, 5) is 0. The fourth-order valence-electron chi connectivity index (χ4n) is 1.91. The molecule has 0 aromatic heterocycles. The molecule has 2 aliphatic heterocycles. The number of nitrogens with one attached hydrogen (secondary N) is 2. The van der Waals surface area contributed by atoms with Crippen molar-refractivity contribution in [1.82, 2.24) is 10.6 Å². The normalized spacial score (nSPS) is 39.3. The van der Waals surface area contributed by atoms with E-state index < -0.39 is 0 Å². The van der Waals surface area contributed by atoms with Crippen molar-refractivity contribution in [2.75, 3.05) is 37.7 Å². The van der Waals surface area contributed by atoms with Crippen LogP contribution in [0.1, 0.15) is 6.42 Å². The van der Waals surface area contributed by atoms with Crippen molar-refractivity contribution in [3.05, 3.63) is 0 Å². The van der Waals surface area contributed by atoms with Gasteiger partial charge in [0.15, 0.2) is 0 Å². The summed E-state index contributed by atoms with van der Waals surface area (Å²) in [7, 11) is 0. The lowest BCUT2D eigenvalue weighted by molar-refractivity contribution is 0.358. The Bertz CT molecular complexity index is 122. The molecule has 2 aliphatic rings. The summed E-state index contributed by atoms with van der Waals surface area (Å²) < 4.78 is 0. The smallest absolute Gasteiger partial charge is 0.00583 e. The molecule has 2 fully saturated rings. The standard InChI is InChI=1S/C8H16N2S/c1-2-9-5-8(1)6-10-3-4-11-7-8/h9-10H,1-7H2. The van der Waals surface area contributed by atoms with Gasteiger partial charge >= 0.3 is 0 Å². The zero-order valence-corrected chi connectivity index (χ0v) is 7.67. The van der Waals surface area contributed by atoms with Gasteiger partial charge in [0, 0.05) is 36.6 Å². The number of rotatable bonds is 0. The van der Waals surface area contributed by atoms with Gasteiger partial charge in [0.1, 0.15) is 0 Å². The molecule has 0 aliphatic carbocycles. The lowest BCUT2D eigenvalue weighted by atomic mass is 9.89. The Morgan fingerprint density at radius 1 is 1.09 bits per heavy atom. The van der Waals surface area contributed by atoms with Crippen LogP contribution in [0.3, 0.4) is 0 Å². The molecular formula is C8H16N2S. The largest absolute Gasteiger partial charge is 0.316 e. The second kappa shape index (κ2) is 3.33. The highest BCUT2D eigenvalue weighted by molar-refractivity contribution is 7.99. The average Bonchev–Trinajstić information content (AvgIpc) is 2.32. The minimum absolute atomic E-state index is 0.598. The molecule has 2 rings (SSSR count). The van der Waals surface area contributed by atoms with Gasteiger partial charge in [-0.2, -0.15) is 11.8 Å². The van der Waals surface area contributed by atoms with Crippen molar-refractivity contribution in [3.63, 3.8) is 0 Å². The Morgan fingerprint density at radius 2 is 1.91 bits per heavy atom. The Morgan fingerprint density at radius 3 is 2.64 bits per heavy atom. The van der Waals surface area contributed by atoms with Gasteiger partial charge in [-0.3, -0.25) is 0 Å². The fourth-order valence-corrected chi connectivity index (χ4v) is 3.12. The van der Waals surface area contributed by atoms with E-state index in [2.05, 4.69) is 22.4 Å². The van der Waals surface area contributed by atoms with Gasteiger partial charge in [-0.1, -0.05) is 0 Å². The van der Waals surface area contributed by atoms with Gasteiger partial charge < -0.3 is 10.6 Å². The third-order valence-corrected chi connectivity index (χ3v) is 3.97. The molecule has 0 bridgehead atoms. The van der Waals surface area contributed by atoms with Crippen molar-refractivity contribution >= 4 is 11.8 Å². The highest BCUT2D eigenvalue weighted by atomic mass is 32.2. The summed E-state index contributed by atoms with van der Waals surface area (Å²) in [6.07, 6.45) is 1.37. The van der Waals surface area contributed by atoms with E-state index in [-0.39, 0.29) is 0 Å². The summed E-state index contributed by atoms with van der Waals surface area (Å²) in [6.45, 7) is 4.88. The highest BCUT2D eigenvalue weighted by Crippen LogP contribution is 2.30. The van der Waals surface area contributed by atoms with Gasteiger partial charge in [0.05, 0.1) is 0 Å². The molecule has 0 saturated carbocycles. The zero-order chi connectivity index (χ0) is 7.57. The molecule has 64 valence electrons. The summed E-state index contributed by atoms with van der Waals surface area (Å²) in [5, 5.41) is 6.98. The lowest BCUT2D eigenvalue weighted by Crippen LogP contribution is -2.36. The minimum Gasteiger partial charge on any atom is -0.316 e. The molecule has 0 radical (unpaired) electrons. The van der Waals surface area contributed by atoms with Crippen LogP contribution in [0.25, 0.3) is 0 Å². The summed E-state index contributed by atoms with van der Waals surface area (Å²) in [6, 6.07) is 0. The van der Waals surface area contributed by atoms with Crippen LogP contribution in [-0.2, 0) is 0 Å². The Balaban J connectivity index is 1.97. The van der Waals surface area contributed by atoms with E-state index in [9.17, 15) is 0 Å². The third-order valence-electron chi connectivity index (χ3n) is 2.66. The van der Waals surface area contributed by atoms with E-state index in [0.29, 0.717) is 5.41 Å². The fraction of sp³-hybridized carbons (Fsp3) is 1.00. The van der Waals surface area contributed by atoms with Gasteiger partial charge in [-0.15, -0.1) is 0 Å². The van der Waals surface area contributed by atoms with Gasteiger partial charge in [-0.05, 0) is 13.0 Å². The first kappa shape index (κ1) is 7.90. The molecule has 0 aromatic rings. The van der Waals surface area contributed by atoms with Crippen molar-refractivity contribution in [1.29, 1.82) is 0 Å². The van der Waals surface area contributed by atoms with Crippen LogP contribution in [0.5, 0.6) is 0 Å². The second-order valence-electron chi connectivity index (χ2n) is 3.66. The maximum absolute atomic E-state index is 3.52. The van der Waals surface area contributed by atoms with E-state index >= 15 is 0 Å². The van der Waals surface area contributed by atoms with E-state index in [4.69, 9.17) is 0 Å². The monoisotopic (exact) mass is 172 g/mol.